The van der Waals surface area contributed by atoms with Crippen molar-refractivity contribution in [2.45, 2.75) is 141 Å². The Morgan fingerprint density at radius 1 is 0.552 bits per heavy atom. The van der Waals surface area contributed by atoms with Gasteiger partial charge in [0.15, 0.2) is 0 Å². The van der Waals surface area contributed by atoms with Gasteiger partial charge in [0.1, 0.15) is 0 Å². The van der Waals surface area contributed by atoms with Gasteiger partial charge in [0.2, 0.25) is 0 Å². The zero-order valence-corrected chi connectivity index (χ0v) is 23.5. The van der Waals surface area contributed by atoms with Gasteiger partial charge in [-0.2, -0.15) is 0 Å². The molecule has 0 aromatic heterocycles. The van der Waals surface area contributed by atoms with E-state index in [2.05, 4.69) is 61.5 Å². The Balaban J connectivity index is 2.46. The third-order valence-corrected chi connectivity index (χ3v) is 11.7. The van der Waals surface area contributed by atoms with E-state index >= 15 is 0 Å². The molecule has 3 rings (SSSR count). The summed E-state index contributed by atoms with van der Waals surface area (Å²) in [5.41, 5.74) is 8.85. The molecule has 2 aliphatic rings. The van der Waals surface area contributed by atoms with Gasteiger partial charge in [-0.1, -0.05) is 0 Å². The van der Waals surface area contributed by atoms with Gasteiger partial charge in [0.25, 0.3) is 0 Å². The van der Waals surface area contributed by atoms with Crippen LogP contribution >= 0.6 is 0 Å². The van der Waals surface area contributed by atoms with Gasteiger partial charge in [0, 0.05) is 0 Å². The Kier molecular flexibility index (Phi) is 6.67. The van der Waals surface area contributed by atoms with Crippen molar-refractivity contribution in [3.8, 4) is 0 Å². The van der Waals surface area contributed by atoms with Crippen molar-refractivity contribution in [1.82, 2.24) is 0 Å². The first-order chi connectivity index (χ1) is 13.8. The Bertz CT molecular complexity index is 680. The van der Waals surface area contributed by atoms with Crippen molar-refractivity contribution in [3.05, 3.63) is 28.3 Å². The van der Waals surface area contributed by atoms with E-state index in [-0.39, 0.29) is 0 Å². The van der Waals surface area contributed by atoms with Gasteiger partial charge in [-0.15, -0.1) is 0 Å². The number of rotatable bonds is 8. The zero-order valence-electron chi connectivity index (χ0n) is 20.6. The minimum atomic E-state index is 0.401. The van der Waals surface area contributed by atoms with Gasteiger partial charge < -0.3 is 0 Å². The van der Waals surface area contributed by atoms with Crippen LogP contribution in [0.25, 0.3) is 0 Å². The van der Waals surface area contributed by atoms with E-state index < -0.39 is 0 Å². The van der Waals surface area contributed by atoms with Crippen LogP contribution in [-0.4, -0.2) is 22.5 Å². The van der Waals surface area contributed by atoms with Crippen molar-refractivity contribution in [2.75, 3.05) is 0 Å². The fraction of sp³-hybridized carbons (Fsp3) is 0.786. The maximum atomic E-state index is 2.80. The van der Waals surface area contributed by atoms with Crippen LogP contribution in [0.5, 0.6) is 0 Å². The third-order valence-electron chi connectivity index (χ3n) is 10.3. The Labute approximate surface area is 195 Å². The first-order valence-corrected chi connectivity index (χ1v) is 14.2. The van der Waals surface area contributed by atoms with E-state index in [9.17, 15) is 0 Å². The van der Waals surface area contributed by atoms with E-state index in [1.54, 1.807) is 37.2 Å². The van der Waals surface area contributed by atoms with E-state index in [0.717, 1.165) is 0 Å². The van der Waals surface area contributed by atoms with Crippen LogP contribution in [0, 0.1) is 0 Å². The quantitative estimate of drug-likeness (QED) is 0.324. The molecule has 0 unspecified atom stereocenters. The predicted octanol–water partition coefficient (Wildman–Crippen LogP) is 7.52. The first-order valence-electron chi connectivity index (χ1n) is 12.7. The fourth-order valence-electron chi connectivity index (χ4n) is 7.75. The van der Waals surface area contributed by atoms with Crippen LogP contribution in [0.4, 0.5) is 0 Å². The summed E-state index contributed by atoms with van der Waals surface area (Å²) in [5.74, 6) is 0. The molecule has 2 aliphatic carbocycles. The van der Waals surface area contributed by atoms with Crippen LogP contribution in [0.1, 0.15) is 142 Å². The average Bonchev–Trinajstić information content (AvgIpc) is 3.23. The number of benzene rings is 1. The molecule has 1 aromatic carbocycles. The van der Waals surface area contributed by atoms with Gasteiger partial charge in [-0.25, -0.2) is 0 Å². The van der Waals surface area contributed by atoms with Crippen LogP contribution in [0.2, 0.25) is 0 Å². The molecule has 1 heteroatoms. The standard InChI is InChI=1S/C28H45.Sn/c1-9-25(10-2)19-26(11-3,12-4)22-18-24-23(17-21(22)25)27(13-5,14-6)20-28(24,15-7)16-8;/h17H,9-16,19-20H2,1-8H3;/q;-1. The van der Waals surface area contributed by atoms with Crippen LogP contribution in [0.3, 0.4) is 0 Å². The second-order valence-electron chi connectivity index (χ2n) is 10.4. The SMILES string of the molecule is CCC1(CC)CC(CC)(CC)c2c1cc1c([c]2[Sn-])C(CC)(CC)CC1(CC)CC. The molecule has 0 aliphatic heterocycles. The molecule has 0 spiro atoms. The summed E-state index contributed by atoms with van der Waals surface area (Å²) in [5, 5.41) is 0. The van der Waals surface area contributed by atoms with Gasteiger partial charge in [-0.3, -0.25) is 0 Å². The Morgan fingerprint density at radius 2 is 0.828 bits per heavy atom. The van der Waals surface area contributed by atoms with Crippen molar-refractivity contribution < 1.29 is 0 Å². The summed E-state index contributed by atoms with van der Waals surface area (Å²) in [7, 11) is 0. The summed E-state index contributed by atoms with van der Waals surface area (Å²) in [6.45, 7) is 19.7. The van der Waals surface area contributed by atoms with Gasteiger partial charge in [0.05, 0.1) is 0 Å². The number of hydrogen-bond acceptors (Lipinski definition) is 0. The Morgan fingerprint density at radius 3 is 1.07 bits per heavy atom. The molecule has 0 amide bonds. The molecular formula is C28H45Sn-. The first kappa shape index (κ1) is 23.7. The van der Waals surface area contributed by atoms with Crippen LogP contribution in [0.15, 0.2) is 6.07 Å². The number of fused-ring (bicyclic) bond motifs is 2. The van der Waals surface area contributed by atoms with E-state index in [0.29, 0.717) is 21.7 Å². The normalized spacial score (nSPS) is 22.5. The molecule has 1 aromatic rings. The zero-order chi connectivity index (χ0) is 21.7. The molecule has 0 saturated carbocycles. The monoisotopic (exact) mass is 501 g/mol. The van der Waals surface area contributed by atoms with Crippen LogP contribution in [-0.2, 0) is 21.7 Å². The molecule has 0 N–H and O–H groups in total. The second kappa shape index (κ2) is 8.18. The molecule has 0 saturated heterocycles. The average molecular weight is 500 g/mol. The third kappa shape index (κ3) is 2.96. The van der Waals surface area contributed by atoms with Gasteiger partial charge in [-0.05, 0) is 0 Å². The van der Waals surface area contributed by atoms with Crippen molar-refractivity contribution >= 4 is 26.1 Å². The molecule has 162 valence electrons. The summed E-state index contributed by atoms with van der Waals surface area (Å²) in [6.07, 6.45) is 13.2. The molecule has 0 nitrogen and oxygen atoms in total. The second-order valence-corrected chi connectivity index (χ2v) is 11.8. The van der Waals surface area contributed by atoms with E-state index in [4.69, 9.17) is 0 Å². The van der Waals surface area contributed by atoms with E-state index in [1.165, 1.54) is 64.2 Å². The van der Waals surface area contributed by atoms with Crippen molar-refractivity contribution in [1.29, 1.82) is 0 Å². The minimum absolute atomic E-state index is 0.401. The summed E-state index contributed by atoms with van der Waals surface area (Å²) >= 11 is 1.67. The van der Waals surface area contributed by atoms with E-state index in [1.807, 2.05) is 11.1 Å². The van der Waals surface area contributed by atoms with Gasteiger partial charge >= 0.3 is 196 Å². The fourth-order valence-corrected chi connectivity index (χ4v) is 10.0. The topological polar surface area (TPSA) is 0 Å². The summed E-state index contributed by atoms with van der Waals surface area (Å²) in [4.78, 5) is 0. The molecule has 29 heavy (non-hydrogen) atoms. The molecule has 0 fully saturated rings. The summed E-state index contributed by atoms with van der Waals surface area (Å²) < 4.78 is 1.80. The van der Waals surface area contributed by atoms with Crippen molar-refractivity contribution in [3.63, 3.8) is 0 Å². The molecular weight excluding hydrogens is 455 g/mol. The number of hydrogen-bond donors (Lipinski definition) is 0. The van der Waals surface area contributed by atoms with Crippen LogP contribution < -0.4 is 3.58 Å². The molecule has 0 atom stereocenters. The molecule has 0 bridgehead atoms. The van der Waals surface area contributed by atoms with Crippen molar-refractivity contribution in [2.24, 2.45) is 0 Å². The molecule has 2 radical (unpaired) electrons. The molecule has 0 heterocycles. The summed E-state index contributed by atoms with van der Waals surface area (Å²) in [6, 6.07) is 2.80. The maximum absolute atomic E-state index is 2.80. The predicted molar refractivity (Wildman–Crippen MR) is 130 cm³/mol. The Hall–Kier alpha value is 0.0187.